The molecule has 0 aromatic carbocycles. The highest BCUT2D eigenvalue weighted by molar-refractivity contribution is 7.10. The summed E-state index contributed by atoms with van der Waals surface area (Å²) in [6.45, 7) is 0.291. The fourth-order valence-electron chi connectivity index (χ4n) is 1.97. The average molecular weight is 302 g/mol. The second-order valence-electron chi connectivity index (χ2n) is 4.25. The molecule has 0 fully saturated rings. The number of hydrogen-bond acceptors (Lipinski definition) is 5. The summed E-state index contributed by atoms with van der Waals surface area (Å²) in [5.74, 6) is -1.50. The van der Waals surface area contributed by atoms with Crippen molar-refractivity contribution in [3.8, 4) is 0 Å². The SMILES string of the molecule is O=C(O)C=Cc1ccsc1Cn1c(=O)oc2cccnc21. The van der Waals surface area contributed by atoms with Crippen LogP contribution in [0.2, 0.25) is 0 Å². The number of fused-ring (bicyclic) bond motifs is 1. The third-order valence-electron chi connectivity index (χ3n) is 2.91. The molecule has 106 valence electrons. The molecule has 0 bridgehead atoms. The van der Waals surface area contributed by atoms with Gasteiger partial charge in [-0.1, -0.05) is 0 Å². The molecular weight excluding hydrogens is 292 g/mol. The van der Waals surface area contributed by atoms with Crippen LogP contribution in [0.4, 0.5) is 0 Å². The lowest BCUT2D eigenvalue weighted by molar-refractivity contribution is -0.131. The second-order valence-corrected chi connectivity index (χ2v) is 5.25. The molecule has 0 atom stereocenters. The smallest absolute Gasteiger partial charge is 0.421 e. The number of carboxylic acid groups (broad SMARTS) is 1. The Hall–Kier alpha value is -2.67. The van der Waals surface area contributed by atoms with Crippen LogP contribution in [-0.4, -0.2) is 20.6 Å². The molecule has 0 aliphatic rings. The van der Waals surface area contributed by atoms with E-state index >= 15 is 0 Å². The number of thiophene rings is 1. The van der Waals surface area contributed by atoms with Crippen molar-refractivity contribution in [2.75, 3.05) is 0 Å². The van der Waals surface area contributed by atoms with Gasteiger partial charge in [0.1, 0.15) is 0 Å². The van der Waals surface area contributed by atoms with Crippen LogP contribution in [0, 0.1) is 0 Å². The van der Waals surface area contributed by atoms with Gasteiger partial charge in [0, 0.05) is 17.2 Å². The van der Waals surface area contributed by atoms with Gasteiger partial charge < -0.3 is 9.52 Å². The third kappa shape index (κ3) is 2.63. The molecule has 3 heterocycles. The van der Waals surface area contributed by atoms with E-state index in [9.17, 15) is 9.59 Å². The molecule has 7 heteroatoms. The molecule has 0 saturated carbocycles. The molecule has 3 aromatic heterocycles. The minimum absolute atomic E-state index is 0.291. The Bertz CT molecular complexity index is 888. The summed E-state index contributed by atoms with van der Waals surface area (Å²) in [5.41, 5.74) is 1.67. The van der Waals surface area contributed by atoms with E-state index in [0.29, 0.717) is 17.8 Å². The van der Waals surface area contributed by atoms with Crippen LogP contribution in [-0.2, 0) is 11.3 Å². The maximum absolute atomic E-state index is 11.9. The number of aromatic nitrogens is 2. The van der Waals surface area contributed by atoms with Gasteiger partial charge in [0.2, 0.25) is 0 Å². The molecular formula is C14H10N2O4S. The third-order valence-corrected chi connectivity index (χ3v) is 3.83. The van der Waals surface area contributed by atoms with Gasteiger partial charge in [0.25, 0.3) is 0 Å². The normalized spacial score (nSPS) is 11.4. The Balaban J connectivity index is 2.00. The maximum atomic E-state index is 11.9. The highest BCUT2D eigenvalue weighted by Gasteiger charge is 2.12. The number of rotatable bonds is 4. The number of hydrogen-bond donors (Lipinski definition) is 1. The lowest BCUT2D eigenvalue weighted by atomic mass is 10.2. The Morgan fingerprint density at radius 1 is 1.48 bits per heavy atom. The molecule has 0 amide bonds. The van der Waals surface area contributed by atoms with Crippen LogP contribution in [0.5, 0.6) is 0 Å². The van der Waals surface area contributed by atoms with Crippen molar-refractivity contribution in [2.24, 2.45) is 0 Å². The second kappa shape index (κ2) is 5.37. The summed E-state index contributed by atoms with van der Waals surface area (Å²) in [6.07, 6.45) is 4.17. The summed E-state index contributed by atoms with van der Waals surface area (Å²) < 4.78 is 6.55. The van der Waals surface area contributed by atoms with Crippen LogP contribution >= 0.6 is 11.3 Å². The first-order chi connectivity index (χ1) is 10.1. The largest absolute Gasteiger partial charge is 0.478 e. The fraction of sp³-hybridized carbons (Fsp3) is 0.0714. The Morgan fingerprint density at radius 2 is 2.33 bits per heavy atom. The van der Waals surface area contributed by atoms with Crippen molar-refractivity contribution >= 4 is 34.6 Å². The molecule has 0 radical (unpaired) electrons. The predicted molar refractivity (Wildman–Crippen MR) is 78.4 cm³/mol. The van der Waals surface area contributed by atoms with E-state index < -0.39 is 11.7 Å². The number of oxazole rings is 1. The summed E-state index contributed by atoms with van der Waals surface area (Å²) in [5, 5.41) is 10.5. The lowest BCUT2D eigenvalue weighted by Gasteiger charge is -2.00. The average Bonchev–Trinajstić information content (AvgIpc) is 3.02. The summed E-state index contributed by atoms with van der Waals surface area (Å²) in [6, 6.07) is 5.18. The first-order valence-corrected chi connectivity index (χ1v) is 6.95. The summed E-state index contributed by atoms with van der Waals surface area (Å²) >= 11 is 1.44. The Kier molecular flexibility index (Phi) is 3.41. The zero-order chi connectivity index (χ0) is 14.8. The minimum Gasteiger partial charge on any atom is -0.478 e. The minimum atomic E-state index is -1.01. The van der Waals surface area contributed by atoms with Crippen molar-refractivity contribution in [2.45, 2.75) is 6.54 Å². The lowest BCUT2D eigenvalue weighted by Crippen LogP contribution is -2.15. The highest BCUT2D eigenvalue weighted by Crippen LogP contribution is 2.21. The molecule has 6 nitrogen and oxygen atoms in total. The van der Waals surface area contributed by atoms with E-state index in [1.165, 1.54) is 22.0 Å². The van der Waals surface area contributed by atoms with E-state index in [1.54, 1.807) is 24.4 Å². The number of carboxylic acids is 1. The first-order valence-electron chi connectivity index (χ1n) is 6.07. The fourth-order valence-corrected chi connectivity index (χ4v) is 2.83. The van der Waals surface area contributed by atoms with Crippen LogP contribution in [0.3, 0.4) is 0 Å². The molecule has 1 N–H and O–H groups in total. The van der Waals surface area contributed by atoms with Crippen LogP contribution in [0.1, 0.15) is 10.4 Å². The van der Waals surface area contributed by atoms with Gasteiger partial charge in [-0.05, 0) is 35.2 Å². The van der Waals surface area contributed by atoms with E-state index in [1.807, 2.05) is 5.38 Å². The van der Waals surface area contributed by atoms with Crippen LogP contribution in [0.25, 0.3) is 17.3 Å². The zero-order valence-corrected chi connectivity index (χ0v) is 11.5. The van der Waals surface area contributed by atoms with Crippen molar-refractivity contribution in [3.63, 3.8) is 0 Å². The van der Waals surface area contributed by atoms with Crippen LogP contribution < -0.4 is 5.76 Å². The van der Waals surface area contributed by atoms with E-state index in [-0.39, 0.29) is 0 Å². The van der Waals surface area contributed by atoms with Gasteiger partial charge in [-0.3, -0.25) is 4.57 Å². The Labute approximate surface area is 122 Å². The van der Waals surface area contributed by atoms with E-state index in [2.05, 4.69) is 4.98 Å². The standard InChI is InChI=1S/C14H10N2O4S/c17-12(18)4-3-9-5-7-21-11(9)8-16-13-10(20-14(16)19)2-1-6-15-13/h1-7H,8H2,(H,17,18). The molecule has 0 saturated heterocycles. The molecule has 0 aliphatic heterocycles. The quantitative estimate of drug-likeness (QED) is 0.747. The number of aliphatic carboxylic acids is 1. The van der Waals surface area contributed by atoms with Crippen molar-refractivity contribution in [3.05, 3.63) is 56.8 Å². The van der Waals surface area contributed by atoms with Gasteiger partial charge in [-0.15, -0.1) is 11.3 Å². The maximum Gasteiger partial charge on any atom is 0.421 e. The van der Waals surface area contributed by atoms with Crippen molar-refractivity contribution < 1.29 is 14.3 Å². The van der Waals surface area contributed by atoms with Crippen molar-refractivity contribution in [1.82, 2.24) is 9.55 Å². The number of carbonyl (C=O) groups is 1. The van der Waals surface area contributed by atoms with E-state index in [4.69, 9.17) is 9.52 Å². The number of pyridine rings is 1. The number of nitrogens with zero attached hydrogens (tertiary/aromatic N) is 2. The van der Waals surface area contributed by atoms with Crippen molar-refractivity contribution in [1.29, 1.82) is 0 Å². The topological polar surface area (TPSA) is 85.3 Å². The first kappa shape index (κ1) is 13.3. The molecule has 0 aliphatic carbocycles. The predicted octanol–water partition coefficient (Wildman–Crippen LogP) is 2.20. The highest BCUT2D eigenvalue weighted by atomic mass is 32.1. The Morgan fingerprint density at radius 3 is 3.14 bits per heavy atom. The van der Waals surface area contributed by atoms with Gasteiger partial charge in [-0.25, -0.2) is 14.6 Å². The molecule has 21 heavy (non-hydrogen) atoms. The summed E-state index contributed by atoms with van der Waals surface area (Å²) in [7, 11) is 0. The molecule has 0 spiro atoms. The van der Waals surface area contributed by atoms with Gasteiger partial charge >= 0.3 is 11.7 Å². The monoisotopic (exact) mass is 302 g/mol. The van der Waals surface area contributed by atoms with E-state index in [0.717, 1.165) is 16.5 Å². The molecule has 0 unspecified atom stereocenters. The molecule has 3 rings (SSSR count). The van der Waals surface area contributed by atoms with Crippen LogP contribution in [0.15, 0.2) is 45.1 Å². The van der Waals surface area contributed by atoms with Gasteiger partial charge in [-0.2, -0.15) is 0 Å². The molecule has 3 aromatic rings. The van der Waals surface area contributed by atoms with Gasteiger partial charge in [0.15, 0.2) is 11.2 Å². The zero-order valence-electron chi connectivity index (χ0n) is 10.7. The summed E-state index contributed by atoms with van der Waals surface area (Å²) in [4.78, 5) is 27.5. The van der Waals surface area contributed by atoms with Gasteiger partial charge in [0.05, 0.1) is 6.54 Å².